The number of carbonyl (C=O) groups excluding carboxylic acids is 1. The van der Waals surface area contributed by atoms with Gasteiger partial charge in [0.2, 0.25) is 5.82 Å². The monoisotopic (exact) mass is 337 g/mol. The van der Waals surface area contributed by atoms with Crippen LogP contribution in [0.5, 0.6) is 0 Å². The number of hydrogen-bond acceptors (Lipinski definition) is 5. The van der Waals surface area contributed by atoms with E-state index in [9.17, 15) is 9.18 Å². The highest BCUT2D eigenvalue weighted by Gasteiger charge is 2.15. The second kappa shape index (κ2) is 6.20. The van der Waals surface area contributed by atoms with Crippen LogP contribution in [-0.4, -0.2) is 21.1 Å². The summed E-state index contributed by atoms with van der Waals surface area (Å²) >= 11 is 0. The Balaban J connectivity index is 1.47. The van der Waals surface area contributed by atoms with Gasteiger partial charge in [0, 0.05) is 22.7 Å². The van der Waals surface area contributed by atoms with E-state index in [0.29, 0.717) is 11.1 Å². The molecule has 7 heteroatoms. The van der Waals surface area contributed by atoms with E-state index in [1.165, 1.54) is 12.1 Å². The first-order valence-electron chi connectivity index (χ1n) is 7.52. The lowest BCUT2D eigenvalue weighted by molar-refractivity contribution is 0.0432. The zero-order valence-electron chi connectivity index (χ0n) is 12.9. The molecule has 124 valence electrons. The van der Waals surface area contributed by atoms with Crippen molar-refractivity contribution in [1.82, 2.24) is 15.1 Å². The van der Waals surface area contributed by atoms with E-state index in [1.807, 2.05) is 24.3 Å². The van der Waals surface area contributed by atoms with E-state index in [0.717, 1.165) is 10.9 Å². The zero-order valence-corrected chi connectivity index (χ0v) is 12.9. The number of nitrogens with zero attached hydrogens (tertiary/aromatic N) is 2. The fourth-order valence-corrected chi connectivity index (χ4v) is 2.50. The molecule has 6 nitrogen and oxygen atoms in total. The molecule has 0 saturated carbocycles. The van der Waals surface area contributed by atoms with Gasteiger partial charge >= 0.3 is 5.97 Å². The number of aromatic nitrogens is 3. The molecule has 0 atom stereocenters. The minimum atomic E-state index is -0.497. The molecule has 2 aromatic heterocycles. The zero-order chi connectivity index (χ0) is 17.2. The Hall–Kier alpha value is -3.48. The summed E-state index contributed by atoms with van der Waals surface area (Å²) in [7, 11) is 0. The third-order valence-electron chi connectivity index (χ3n) is 3.69. The summed E-state index contributed by atoms with van der Waals surface area (Å²) in [6.45, 7) is -0.166. The van der Waals surface area contributed by atoms with Gasteiger partial charge in [-0.3, -0.25) is 0 Å². The molecule has 2 aromatic carbocycles. The first kappa shape index (κ1) is 15.1. The Kier molecular flexibility index (Phi) is 3.74. The Bertz CT molecular complexity index is 1050. The SMILES string of the molecule is O=C(OCc1nc(-c2cccc(F)c2)no1)c1c[nH]c2ccccc12. The van der Waals surface area contributed by atoms with E-state index in [1.54, 1.807) is 18.3 Å². The second-order valence-electron chi connectivity index (χ2n) is 5.35. The lowest BCUT2D eigenvalue weighted by atomic mass is 10.2. The van der Waals surface area contributed by atoms with Crippen LogP contribution in [0.25, 0.3) is 22.3 Å². The number of fused-ring (bicyclic) bond motifs is 1. The molecule has 0 spiro atoms. The molecule has 0 aliphatic carbocycles. The predicted molar refractivity (Wildman–Crippen MR) is 87.1 cm³/mol. The van der Waals surface area contributed by atoms with Crippen LogP contribution in [-0.2, 0) is 11.3 Å². The highest BCUT2D eigenvalue weighted by atomic mass is 19.1. The Morgan fingerprint density at radius 3 is 2.96 bits per heavy atom. The van der Waals surface area contributed by atoms with Crippen molar-refractivity contribution in [3.8, 4) is 11.4 Å². The van der Waals surface area contributed by atoms with Gasteiger partial charge in [0.25, 0.3) is 5.89 Å². The summed E-state index contributed by atoms with van der Waals surface area (Å²) in [5, 5.41) is 4.54. The van der Waals surface area contributed by atoms with Gasteiger partial charge in [-0.15, -0.1) is 0 Å². The maximum absolute atomic E-state index is 13.2. The van der Waals surface area contributed by atoms with Crippen molar-refractivity contribution in [2.24, 2.45) is 0 Å². The highest BCUT2D eigenvalue weighted by Crippen LogP contribution is 2.20. The third-order valence-corrected chi connectivity index (χ3v) is 3.69. The number of ether oxygens (including phenoxy) is 1. The lowest BCUT2D eigenvalue weighted by Crippen LogP contribution is -2.04. The summed E-state index contributed by atoms with van der Waals surface area (Å²) in [4.78, 5) is 19.4. The number of benzene rings is 2. The average Bonchev–Trinajstić information content (AvgIpc) is 3.27. The molecule has 0 bridgehead atoms. The number of nitrogens with one attached hydrogen (secondary N) is 1. The summed E-state index contributed by atoms with van der Waals surface area (Å²) in [6.07, 6.45) is 1.60. The van der Waals surface area contributed by atoms with Crippen molar-refractivity contribution in [2.45, 2.75) is 6.61 Å². The molecule has 0 aliphatic rings. The molecule has 0 fully saturated rings. The normalized spacial score (nSPS) is 10.9. The first-order chi connectivity index (χ1) is 12.2. The molecule has 4 rings (SSSR count). The van der Waals surface area contributed by atoms with Gasteiger partial charge < -0.3 is 14.2 Å². The number of halogens is 1. The number of rotatable bonds is 4. The summed E-state index contributed by atoms with van der Waals surface area (Å²) in [5.74, 6) is -0.525. The number of aromatic amines is 1. The molecular formula is C18H12FN3O3. The summed E-state index contributed by atoms with van der Waals surface area (Å²) in [6, 6.07) is 13.3. The first-order valence-corrected chi connectivity index (χ1v) is 7.52. The van der Waals surface area contributed by atoms with Gasteiger partial charge in [-0.05, 0) is 18.2 Å². The Labute approximate surface area is 141 Å². The average molecular weight is 337 g/mol. The molecule has 0 radical (unpaired) electrons. The number of H-pyrrole nitrogens is 1. The predicted octanol–water partition coefficient (Wildman–Crippen LogP) is 3.71. The van der Waals surface area contributed by atoms with E-state index < -0.39 is 11.8 Å². The van der Waals surface area contributed by atoms with E-state index >= 15 is 0 Å². The molecule has 0 unspecified atom stereocenters. The minimum Gasteiger partial charge on any atom is -0.452 e. The number of hydrogen-bond donors (Lipinski definition) is 1. The summed E-state index contributed by atoms with van der Waals surface area (Å²) < 4.78 is 23.5. The van der Waals surface area contributed by atoms with Crippen molar-refractivity contribution in [2.75, 3.05) is 0 Å². The van der Waals surface area contributed by atoms with Crippen molar-refractivity contribution in [1.29, 1.82) is 0 Å². The van der Waals surface area contributed by atoms with Crippen molar-refractivity contribution < 1.29 is 18.4 Å². The third kappa shape index (κ3) is 2.99. The molecule has 1 N–H and O–H groups in total. The van der Waals surface area contributed by atoms with Gasteiger partial charge in [-0.2, -0.15) is 4.98 Å². The number of para-hydroxylation sites is 1. The standard InChI is InChI=1S/C18H12FN3O3/c19-12-5-3-4-11(8-12)17-21-16(25-22-17)10-24-18(23)14-9-20-15-7-2-1-6-13(14)15/h1-9,20H,10H2. The molecular weight excluding hydrogens is 325 g/mol. The van der Waals surface area contributed by atoms with Gasteiger partial charge in [0.15, 0.2) is 6.61 Å². The number of carbonyl (C=O) groups is 1. The smallest absolute Gasteiger partial charge is 0.340 e. The quantitative estimate of drug-likeness (QED) is 0.574. The topological polar surface area (TPSA) is 81.0 Å². The highest BCUT2D eigenvalue weighted by molar-refractivity contribution is 6.03. The molecule has 4 aromatic rings. The van der Waals surface area contributed by atoms with Crippen LogP contribution >= 0.6 is 0 Å². The maximum Gasteiger partial charge on any atom is 0.340 e. The molecule has 25 heavy (non-hydrogen) atoms. The van der Waals surface area contributed by atoms with E-state index in [-0.39, 0.29) is 18.3 Å². The van der Waals surface area contributed by atoms with Crippen LogP contribution in [0.2, 0.25) is 0 Å². The second-order valence-corrected chi connectivity index (χ2v) is 5.35. The van der Waals surface area contributed by atoms with E-state index in [2.05, 4.69) is 15.1 Å². The van der Waals surface area contributed by atoms with Crippen LogP contribution < -0.4 is 0 Å². The van der Waals surface area contributed by atoms with Crippen LogP contribution in [0.1, 0.15) is 16.2 Å². The van der Waals surface area contributed by atoms with E-state index in [4.69, 9.17) is 9.26 Å². The van der Waals surface area contributed by atoms with Gasteiger partial charge in [0.1, 0.15) is 5.82 Å². The fourth-order valence-electron chi connectivity index (χ4n) is 2.50. The molecule has 2 heterocycles. The largest absolute Gasteiger partial charge is 0.452 e. The molecule has 0 saturated heterocycles. The van der Waals surface area contributed by atoms with Crippen molar-refractivity contribution in [3.05, 3.63) is 72.0 Å². The van der Waals surface area contributed by atoms with Crippen LogP contribution in [0, 0.1) is 5.82 Å². The van der Waals surface area contributed by atoms with Crippen LogP contribution in [0.4, 0.5) is 4.39 Å². The van der Waals surface area contributed by atoms with Gasteiger partial charge in [-0.25, -0.2) is 9.18 Å². The lowest BCUT2D eigenvalue weighted by Gasteiger charge is -2.00. The van der Waals surface area contributed by atoms with Gasteiger partial charge in [-0.1, -0.05) is 35.5 Å². The van der Waals surface area contributed by atoms with Crippen molar-refractivity contribution in [3.63, 3.8) is 0 Å². The van der Waals surface area contributed by atoms with Gasteiger partial charge in [0.05, 0.1) is 5.56 Å². The van der Waals surface area contributed by atoms with Crippen LogP contribution in [0.3, 0.4) is 0 Å². The maximum atomic E-state index is 13.2. The summed E-state index contributed by atoms with van der Waals surface area (Å²) in [5.41, 5.74) is 1.76. The number of esters is 1. The van der Waals surface area contributed by atoms with Crippen molar-refractivity contribution >= 4 is 16.9 Å². The van der Waals surface area contributed by atoms with Crippen LogP contribution in [0.15, 0.2) is 59.3 Å². The Morgan fingerprint density at radius 2 is 2.08 bits per heavy atom. The Morgan fingerprint density at radius 1 is 1.20 bits per heavy atom. The molecule has 0 amide bonds. The molecule has 0 aliphatic heterocycles. The minimum absolute atomic E-state index is 0.132. The fraction of sp³-hybridized carbons (Fsp3) is 0.0556.